The average Bonchev–Trinajstić information content (AvgIpc) is 3.53. The number of aliphatic imine (C=N–C) groups is 1. The molecule has 302 valence electrons. The van der Waals surface area contributed by atoms with Crippen LogP contribution in [-0.2, 0) is 48.9 Å². The highest BCUT2D eigenvalue weighted by atomic mass is 16.5. The summed E-state index contributed by atoms with van der Waals surface area (Å²) in [5.41, 5.74) is 3.16. The number of ether oxygens (including phenoxy) is 2. The van der Waals surface area contributed by atoms with Crippen LogP contribution >= 0.6 is 0 Å². The summed E-state index contributed by atoms with van der Waals surface area (Å²) in [4.78, 5) is 97.8. The van der Waals surface area contributed by atoms with Gasteiger partial charge in [0.05, 0.1) is 23.2 Å². The number of pyridine rings is 2. The molecule has 5 rings (SSSR count). The first-order valence-electron chi connectivity index (χ1n) is 17.8. The summed E-state index contributed by atoms with van der Waals surface area (Å²) in [6.45, 7) is 4.91. The molecule has 0 saturated carbocycles. The molecule has 0 aliphatic rings. The number of hydrogen-bond acceptors (Lipinski definition) is 12. The minimum absolute atomic E-state index is 0.159. The molecule has 0 bridgehead atoms. The van der Waals surface area contributed by atoms with Crippen molar-refractivity contribution in [2.45, 2.75) is 40.9 Å². The summed E-state index contributed by atoms with van der Waals surface area (Å²) >= 11 is 0. The molecule has 59 heavy (non-hydrogen) atoms. The van der Waals surface area contributed by atoms with Crippen molar-refractivity contribution in [1.82, 2.24) is 14.5 Å². The number of carbonyl (C=O) groups is 7. The highest BCUT2D eigenvalue weighted by molar-refractivity contribution is 6.05. The number of rotatable bonds is 14. The van der Waals surface area contributed by atoms with E-state index in [0.29, 0.717) is 33.8 Å². The van der Waals surface area contributed by atoms with Crippen LogP contribution in [0.1, 0.15) is 75.7 Å². The van der Waals surface area contributed by atoms with Crippen LogP contribution in [0.15, 0.2) is 89.9 Å². The fourth-order valence-corrected chi connectivity index (χ4v) is 5.40. The second-order valence-corrected chi connectivity index (χ2v) is 12.9. The van der Waals surface area contributed by atoms with Crippen molar-refractivity contribution in [2.75, 3.05) is 26.6 Å². The van der Waals surface area contributed by atoms with Crippen LogP contribution in [-0.4, -0.2) is 62.2 Å². The summed E-state index contributed by atoms with van der Waals surface area (Å²) in [5.74, 6) is -2.47. The highest BCUT2D eigenvalue weighted by Gasteiger charge is 2.16. The third-order valence-electron chi connectivity index (χ3n) is 7.93. The van der Waals surface area contributed by atoms with Crippen molar-refractivity contribution in [3.05, 3.63) is 119 Å². The Kier molecular flexibility index (Phi) is 13.7. The second kappa shape index (κ2) is 19.2. The zero-order valence-corrected chi connectivity index (χ0v) is 32.5. The molecule has 5 aromatic rings. The fourth-order valence-electron chi connectivity index (χ4n) is 5.40. The van der Waals surface area contributed by atoms with Crippen molar-refractivity contribution in [1.29, 1.82) is 0 Å². The molecule has 0 unspecified atom stereocenters. The van der Waals surface area contributed by atoms with Crippen LogP contribution in [0, 0.1) is 0 Å². The topological polar surface area (TPSA) is 241 Å². The number of nitrogens with one attached hydrogen (secondary N) is 5. The molecule has 0 aliphatic heterocycles. The molecular weight excluding hydrogens is 763 g/mol. The smallest absolute Gasteiger partial charge is 0.355 e. The average molecular weight is 802 g/mol. The van der Waals surface area contributed by atoms with Gasteiger partial charge in [-0.3, -0.25) is 29.0 Å². The molecule has 0 aliphatic carbocycles. The standard InChI is InChI=1S/C41H39N9O9/c1-23(51)43-35-15-27(16-36(48-35)44-24(2)52)21-58-40(56)30-7-6-8-32(19-30)47-39(55)29-9-11-31(12-10-29)42-20-33-13-14-34(50(33)5)41(57)59-22-28-17-37(45-25(3)53)49-38(18-28)46-26(4)54/h6-20H,21-22H2,1-5H3,(H,47,55)(H2,43,44,48,51,52)(H2,45,46,49,53,54)/b42-20+. The first-order chi connectivity index (χ1) is 28.1. The molecule has 18 nitrogen and oxygen atoms in total. The molecular formula is C41H39N9O9. The van der Waals surface area contributed by atoms with Gasteiger partial charge in [-0.1, -0.05) is 6.07 Å². The van der Waals surface area contributed by atoms with Crippen LogP contribution < -0.4 is 26.6 Å². The van der Waals surface area contributed by atoms with Gasteiger partial charge in [-0.2, -0.15) is 0 Å². The van der Waals surface area contributed by atoms with Crippen molar-refractivity contribution < 1.29 is 43.0 Å². The normalized spacial score (nSPS) is 10.7. The molecule has 5 N–H and O–H groups in total. The van der Waals surface area contributed by atoms with Gasteiger partial charge in [0.1, 0.15) is 42.2 Å². The molecule has 5 amide bonds. The maximum atomic E-state index is 13.1. The lowest BCUT2D eigenvalue weighted by atomic mass is 10.1. The molecule has 2 aromatic carbocycles. The Bertz CT molecular complexity index is 2410. The van der Waals surface area contributed by atoms with E-state index < -0.39 is 17.8 Å². The molecule has 0 radical (unpaired) electrons. The summed E-state index contributed by atoms with van der Waals surface area (Å²) in [6.07, 6.45) is 1.55. The molecule has 3 aromatic heterocycles. The predicted molar refractivity (Wildman–Crippen MR) is 217 cm³/mol. The number of carbonyl (C=O) groups excluding carboxylic acids is 7. The number of amides is 5. The molecule has 18 heteroatoms. The van der Waals surface area contributed by atoms with Crippen molar-refractivity contribution in [2.24, 2.45) is 12.0 Å². The van der Waals surface area contributed by atoms with Gasteiger partial charge < -0.3 is 40.6 Å². The van der Waals surface area contributed by atoms with E-state index in [-0.39, 0.29) is 71.4 Å². The van der Waals surface area contributed by atoms with Crippen molar-refractivity contribution in [3.63, 3.8) is 0 Å². The Hall–Kier alpha value is -8.02. The summed E-state index contributed by atoms with van der Waals surface area (Å²) in [6, 6.07) is 22.0. The van der Waals surface area contributed by atoms with Crippen LogP contribution in [0.4, 0.5) is 34.6 Å². The van der Waals surface area contributed by atoms with Gasteiger partial charge >= 0.3 is 11.9 Å². The van der Waals surface area contributed by atoms with E-state index in [2.05, 4.69) is 41.5 Å². The monoisotopic (exact) mass is 801 g/mol. The van der Waals surface area contributed by atoms with E-state index in [4.69, 9.17) is 9.47 Å². The maximum Gasteiger partial charge on any atom is 0.355 e. The van der Waals surface area contributed by atoms with E-state index in [1.165, 1.54) is 64.1 Å². The van der Waals surface area contributed by atoms with Crippen LogP contribution in [0.5, 0.6) is 0 Å². The highest BCUT2D eigenvalue weighted by Crippen LogP contribution is 2.21. The first-order valence-corrected chi connectivity index (χ1v) is 17.8. The lowest BCUT2D eigenvalue weighted by molar-refractivity contribution is -0.115. The summed E-state index contributed by atoms with van der Waals surface area (Å²) < 4.78 is 12.6. The van der Waals surface area contributed by atoms with E-state index in [0.717, 1.165) is 0 Å². The van der Waals surface area contributed by atoms with Gasteiger partial charge in [0, 0.05) is 46.0 Å². The minimum Gasteiger partial charge on any atom is -0.457 e. The molecule has 0 fully saturated rings. The molecule has 3 heterocycles. The number of esters is 2. The SMILES string of the molecule is CC(=O)Nc1cc(COC(=O)c2cccc(NC(=O)c3ccc(/N=C/c4ccc(C(=O)OCc5cc(NC(C)=O)nc(NC(C)=O)c5)n4C)cc3)c2)cc(NC(C)=O)n1. The predicted octanol–water partition coefficient (Wildman–Crippen LogP) is 5.37. The zero-order chi connectivity index (χ0) is 42.6. The van der Waals surface area contributed by atoms with E-state index in [9.17, 15) is 33.6 Å². The Labute approximate surface area is 337 Å². The quantitative estimate of drug-likeness (QED) is 0.0707. The number of nitrogens with zero attached hydrogens (tertiary/aromatic N) is 4. The number of benzene rings is 2. The Morgan fingerprint density at radius 2 is 1.08 bits per heavy atom. The second-order valence-electron chi connectivity index (χ2n) is 12.9. The number of aromatic nitrogens is 3. The Balaban J connectivity index is 1.16. The maximum absolute atomic E-state index is 13.1. The minimum atomic E-state index is -0.675. The van der Waals surface area contributed by atoms with E-state index >= 15 is 0 Å². The summed E-state index contributed by atoms with van der Waals surface area (Å²) in [7, 11) is 1.67. The Morgan fingerprint density at radius 1 is 0.593 bits per heavy atom. The van der Waals surface area contributed by atoms with E-state index in [1.807, 2.05) is 0 Å². The lowest BCUT2D eigenvalue weighted by Crippen LogP contribution is -2.14. The third-order valence-corrected chi connectivity index (χ3v) is 7.93. The number of hydrogen-bond donors (Lipinski definition) is 5. The van der Waals surface area contributed by atoms with Crippen LogP contribution in [0.25, 0.3) is 0 Å². The van der Waals surface area contributed by atoms with E-state index in [1.54, 1.807) is 66.4 Å². The van der Waals surface area contributed by atoms with Gasteiger partial charge in [0.2, 0.25) is 23.6 Å². The summed E-state index contributed by atoms with van der Waals surface area (Å²) in [5, 5.41) is 12.9. The molecule has 0 spiro atoms. The van der Waals surface area contributed by atoms with Crippen LogP contribution in [0.3, 0.4) is 0 Å². The van der Waals surface area contributed by atoms with Crippen molar-refractivity contribution in [3.8, 4) is 0 Å². The third kappa shape index (κ3) is 12.5. The molecule has 0 saturated heterocycles. The first kappa shape index (κ1) is 42.1. The lowest BCUT2D eigenvalue weighted by Gasteiger charge is -2.11. The van der Waals surface area contributed by atoms with Gasteiger partial charge in [-0.25, -0.2) is 19.6 Å². The molecule has 0 atom stereocenters. The fraction of sp³-hybridized carbons (Fsp3) is 0.171. The Morgan fingerprint density at radius 3 is 1.58 bits per heavy atom. The number of anilines is 5. The van der Waals surface area contributed by atoms with Crippen LogP contribution in [0.2, 0.25) is 0 Å². The van der Waals surface area contributed by atoms with Gasteiger partial charge in [-0.15, -0.1) is 0 Å². The van der Waals surface area contributed by atoms with Gasteiger partial charge in [0.15, 0.2) is 0 Å². The van der Waals surface area contributed by atoms with Crippen molar-refractivity contribution >= 4 is 82.3 Å². The largest absolute Gasteiger partial charge is 0.457 e. The van der Waals surface area contributed by atoms with Gasteiger partial charge in [-0.05, 0) is 90.0 Å². The zero-order valence-electron chi connectivity index (χ0n) is 32.5. The van der Waals surface area contributed by atoms with Gasteiger partial charge in [0.25, 0.3) is 5.91 Å².